The molecule has 6 rings (SSSR count). The molecule has 14 heteroatoms. The Labute approximate surface area is 271 Å². The van der Waals surface area contributed by atoms with Crippen LogP contribution < -0.4 is 19.7 Å². The van der Waals surface area contributed by atoms with Crippen molar-refractivity contribution < 1.29 is 32.9 Å². The van der Waals surface area contributed by atoms with Gasteiger partial charge >= 0.3 is 5.92 Å². The van der Waals surface area contributed by atoms with Crippen LogP contribution in [-0.4, -0.2) is 115 Å². The fraction of sp³-hybridized carbons (Fsp3) is 0.455. The zero-order valence-corrected chi connectivity index (χ0v) is 26.2. The molecule has 3 aromatic rings. The minimum absolute atomic E-state index is 0.00174. The van der Waals surface area contributed by atoms with Gasteiger partial charge in [0.1, 0.15) is 23.7 Å². The van der Waals surface area contributed by atoms with Gasteiger partial charge in [-0.15, -0.1) is 0 Å². The lowest BCUT2D eigenvalue weighted by atomic mass is 10.0. The van der Waals surface area contributed by atoms with E-state index in [0.717, 1.165) is 50.0 Å². The summed E-state index contributed by atoms with van der Waals surface area (Å²) in [6, 6.07) is 14.8. The first-order valence-electron chi connectivity index (χ1n) is 15.6. The number of aliphatic hydroxyl groups excluding tert-OH is 1. The van der Waals surface area contributed by atoms with Crippen LogP contribution in [0.25, 0.3) is 11.3 Å². The number of ether oxygens (including phenoxy) is 3. The Kier molecular flexibility index (Phi) is 9.40. The Morgan fingerprint density at radius 1 is 1.13 bits per heavy atom. The van der Waals surface area contributed by atoms with E-state index in [0.29, 0.717) is 34.7 Å². The lowest BCUT2D eigenvalue weighted by Gasteiger charge is -2.43. The van der Waals surface area contributed by atoms with Gasteiger partial charge < -0.3 is 34.4 Å². The third-order valence-corrected chi connectivity index (χ3v) is 8.77. The third kappa shape index (κ3) is 7.07. The van der Waals surface area contributed by atoms with Gasteiger partial charge in [0.2, 0.25) is 5.95 Å². The molecule has 3 aliphatic rings. The molecule has 0 saturated carbocycles. The number of piperazine rings is 1. The summed E-state index contributed by atoms with van der Waals surface area (Å²) in [5.74, 6) is -3.18. The summed E-state index contributed by atoms with van der Waals surface area (Å²) in [7, 11) is 1.61. The van der Waals surface area contributed by atoms with Crippen LogP contribution in [0.2, 0.25) is 0 Å². The van der Waals surface area contributed by atoms with E-state index in [-0.39, 0.29) is 24.3 Å². The molecule has 47 heavy (non-hydrogen) atoms. The molecule has 1 amide bonds. The van der Waals surface area contributed by atoms with Gasteiger partial charge in [-0.25, -0.2) is 18.7 Å². The molecule has 3 saturated heterocycles. The number of piperidine rings is 1. The van der Waals surface area contributed by atoms with Gasteiger partial charge in [0, 0.05) is 62.7 Å². The van der Waals surface area contributed by atoms with Crippen LogP contribution in [0.1, 0.15) is 18.9 Å². The smallest absolute Gasteiger partial charge is 0.301 e. The first-order chi connectivity index (χ1) is 22.6. The van der Waals surface area contributed by atoms with Crippen LogP contribution in [0.15, 0.2) is 48.7 Å². The van der Waals surface area contributed by atoms with Crippen LogP contribution in [-0.2, 0) is 9.53 Å². The maximum absolute atomic E-state index is 14.9. The van der Waals surface area contributed by atoms with Gasteiger partial charge in [-0.1, -0.05) is 0 Å². The molecule has 2 unspecified atom stereocenters. The van der Waals surface area contributed by atoms with Crippen molar-refractivity contribution in [2.75, 3.05) is 69.8 Å². The number of hydrogen-bond acceptors (Lipinski definition) is 11. The maximum Gasteiger partial charge on any atom is 0.301 e. The highest BCUT2D eigenvalue weighted by molar-refractivity contribution is 5.80. The summed E-state index contributed by atoms with van der Waals surface area (Å²) in [5, 5.41) is 22.6. The van der Waals surface area contributed by atoms with E-state index in [9.17, 15) is 23.9 Å². The molecular weight excluding hydrogens is 612 g/mol. The van der Waals surface area contributed by atoms with Gasteiger partial charge in [0.15, 0.2) is 6.10 Å². The van der Waals surface area contributed by atoms with Crippen molar-refractivity contribution >= 4 is 23.2 Å². The van der Waals surface area contributed by atoms with Crippen LogP contribution in [0.4, 0.5) is 26.1 Å². The molecule has 0 spiro atoms. The molecule has 1 aromatic heterocycles. The van der Waals surface area contributed by atoms with Crippen molar-refractivity contribution in [2.24, 2.45) is 0 Å². The Bertz CT molecular complexity index is 1640. The number of amides is 1. The fourth-order valence-electron chi connectivity index (χ4n) is 6.01. The minimum Gasteiger partial charge on any atom is -0.494 e. The lowest BCUT2D eigenvalue weighted by molar-refractivity contribution is -0.165. The Morgan fingerprint density at radius 3 is 2.57 bits per heavy atom. The lowest BCUT2D eigenvalue weighted by Crippen LogP contribution is -2.56. The van der Waals surface area contributed by atoms with Crippen molar-refractivity contribution in [1.29, 1.82) is 5.26 Å². The number of likely N-dealkylation sites (tertiary alicyclic amines) is 1. The molecule has 4 heterocycles. The summed E-state index contributed by atoms with van der Waals surface area (Å²) >= 11 is 0. The summed E-state index contributed by atoms with van der Waals surface area (Å²) in [4.78, 5) is 26.7. The molecule has 3 fully saturated rings. The minimum atomic E-state index is -3.37. The number of nitrogens with one attached hydrogen (secondary N) is 1. The first-order valence-corrected chi connectivity index (χ1v) is 15.6. The number of anilines is 3. The van der Waals surface area contributed by atoms with E-state index in [2.05, 4.69) is 25.1 Å². The van der Waals surface area contributed by atoms with Crippen molar-refractivity contribution in [1.82, 2.24) is 19.8 Å². The number of benzene rings is 2. The average Bonchev–Trinajstić information content (AvgIpc) is 3.05. The van der Waals surface area contributed by atoms with Crippen LogP contribution in [0.5, 0.6) is 11.5 Å². The van der Waals surface area contributed by atoms with E-state index < -0.39 is 30.6 Å². The summed E-state index contributed by atoms with van der Waals surface area (Å²) < 4.78 is 46.5. The van der Waals surface area contributed by atoms with E-state index in [1.807, 2.05) is 24.3 Å². The number of hydrogen-bond donors (Lipinski definition) is 2. The van der Waals surface area contributed by atoms with E-state index in [1.165, 1.54) is 19.1 Å². The van der Waals surface area contributed by atoms with Gasteiger partial charge in [-0.05, 0) is 43.3 Å². The number of rotatable bonds is 9. The molecule has 248 valence electrons. The van der Waals surface area contributed by atoms with Gasteiger partial charge in [-0.3, -0.25) is 9.69 Å². The van der Waals surface area contributed by atoms with E-state index in [1.54, 1.807) is 25.4 Å². The number of nitrogens with zero attached hydrogens (tertiary/aromatic N) is 6. The van der Waals surface area contributed by atoms with E-state index >= 15 is 0 Å². The van der Waals surface area contributed by atoms with Crippen LogP contribution in [0.3, 0.4) is 0 Å². The summed E-state index contributed by atoms with van der Waals surface area (Å²) in [6.45, 7) is 5.79. The predicted molar refractivity (Wildman–Crippen MR) is 169 cm³/mol. The first kappa shape index (κ1) is 32.4. The predicted octanol–water partition coefficient (Wildman–Crippen LogP) is 3.28. The monoisotopic (exact) mass is 649 g/mol. The molecule has 2 aromatic carbocycles. The third-order valence-electron chi connectivity index (χ3n) is 8.77. The molecule has 12 nitrogen and oxygen atoms in total. The zero-order valence-electron chi connectivity index (χ0n) is 26.2. The Hall–Kier alpha value is -4.58. The van der Waals surface area contributed by atoms with Crippen LogP contribution in [0, 0.1) is 11.3 Å². The molecule has 0 bridgehead atoms. The molecular formula is C33H37F2N7O5. The molecule has 2 N–H and O–H groups in total. The topological polar surface area (TPSA) is 136 Å². The van der Waals surface area contributed by atoms with Crippen LogP contribution >= 0.6 is 0 Å². The van der Waals surface area contributed by atoms with Gasteiger partial charge in [0.25, 0.3) is 5.91 Å². The number of aromatic nitrogens is 2. The Morgan fingerprint density at radius 2 is 1.91 bits per heavy atom. The highest BCUT2D eigenvalue weighted by Crippen LogP contribution is 2.35. The molecule has 0 radical (unpaired) electrons. The Balaban J connectivity index is 1.13. The fourth-order valence-corrected chi connectivity index (χ4v) is 6.01. The number of alkyl halides is 2. The number of aliphatic hydroxyl groups is 1. The maximum atomic E-state index is 14.9. The number of carbonyl (C=O) groups is 1. The van der Waals surface area contributed by atoms with Crippen molar-refractivity contribution in [3.63, 3.8) is 0 Å². The normalized spacial score (nSPS) is 20.6. The summed E-state index contributed by atoms with van der Waals surface area (Å²) in [5.41, 5.74) is 2.88. The second-order valence-corrected chi connectivity index (χ2v) is 11.9. The number of carbonyl (C=O) groups excluding carboxylic acids is 1. The standard InChI is InChI=1S/C33H37F2N7O5/c1-21(43)31(44)42-10-8-30(33(34,35)20-42)47-28-6-3-22(15-23(28)17-36)26-7-9-37-32(38-26)39-27-5-4-24(16-29(27)45-2)40-11-13-41(14-12-40)25-18-46-19-25/h3-7,9,15-16,21,25,30,43H,8,10-14,18-20H2,1-2H3,(H,37,38,39). The zero-order chi connectivity index (χ0) is 33.1. The van der Waals surface area contributed by atoms with Gasteiger partial charge in [0.05, 0.1) is 49.9 Å². The number of halogens is 2. The molecule has 3 aliphatic heterocycles. The largest absolute Gasteiger partial charge is 0.494 e. The van der Waals surface area contributed by atoms with Gasteiger partial charge in [-0.2, -0.15) is 5.26 Å². The summed E-state index contributed by atoms with van der Waals surface area (Å²) in [6.07, 6.45) is -1.49. The van der Waals surface area contributed by atoms with Crippen molar-refractivity contribution in [3.8, 4) is 28.8 Å². The average molecular weight is 650 g/mol. The molecule has 2 atom stereocenters. The quantitative estimate of drug-likeness (QED) is 0.354. The number of nitriles is 1. The molecule has 0 aliphatic carbocycles. The number of methoxy groups -OCH3 is 1. The van der Waals surface area contributed by atoms with E-state index in [4.69, 9.17) is 14.2 Å². The van der Waals surface area contributed by atoms with Crippen molar-refractivity contribution in [3.05, 3.63) is 54.2 Å². The second-order valence-electron chi connectivity index (χ2n) is 11.9. The second kappa shape index (κ2) is 13.6. The highest BCUT2D eigenvalue weighted by atomic mass is 19.3. The highest BCUT2D eigenvalue weighted by Gasteiger charge is 2.48. The van der Waals surface area contributed by atoms with Crippen molar-refractivity contribution in [2.45, 2.75) is 37.5 Å². The SMILES string of the molecule is COc1cc(N2CCN(C3COC3)CC2)ccc1Nc1nccc(-c2ccc(OC3CCN(C(=O)C(C)O)CC3(F)F)c(C#N)c2)n1.